The number of hydrogen-bond acceptors (Lipinski definition) is 3. The molecule has 1 fully saturated rings. The molecule has 0 radical (unpaired) electrons. The van der Waals surface area contributed by atoms with Crippen molar-refractivity contribution < 1.29 is 9.90 Å². The largest absolute Gasteiger partial charge is 0.508 e. The van der Waals surface area contributed by atoms with Crippen LogP contribution in [0, 0.1) is 0 Å². The van der Waals surface area contributed by atoms with E-state index in [-0.39, 0.29) is 18.1 Å². The summed E-state index contributed by atoms with van der Waals surface area (Å²) < 4.78 is 0. The van der Waals surface area contributed by atoms with Crippen molar-refractivity contribution in [1.82, 2.24) is 10.6 Å². The number of amides is 1. The summed E-state index contributed by atoms with van der Waals surface area (Å²) in [4.78, 5) is 11.7. The van der Waals surface area contributed by atoms with Gasteiger partial charge in [-0.2, -0.15) is 0 Å². The molecule has 2 rings (SSSR count). The molecule has 0 spiro atoms. The van der Waals surface area contributed by atoms with Crippen molar-refractivity contribution in [3.63, 3.8) is 0 Å². The van der Waals surface area contributed by atoms with Crippen LogP contribution in [0.3, 0.4) is 0 Å². The number of phenols is 1. The summed E-state index contributed by atoms with van der Waals surface area (Å²) in [6.07, 6.45) is 3.66. The van der Waals surface area contributed by atoms with Crippen molar-refractivity contribution in [2.45, 2.75) is 31.7 Å². The molecule has 0 aliphatic carbocycles. The number of rotatable bonds is 5. The third kappa shape index (κ3) is 3.74. The predicted octanol–water partition coefficient (Wildman–Crippen LogP) is 1.19. The quantitative estimate of drug-likeness (QED) is 0.733. The maximum Gasteiger partial charge on any atom is 0.224 e. The Hall–Kier alpha value is -1.55. The zero-order chi connectivity index (χ0) is 12.8. The van der Waals surface area contributed by atoms with Gasteiger partial charge in [-0.25, -0.2) is 0 Å². The molecular formula is C14H20N2O2. The lowest BCUT2D eigenvalue weighted by molar-refractivity contribution is -0.120. The van der Waals surface area contributed by atoms with Crippen LogP contribution in [0.2, 0.25) is 0 Å². The Balaban J connectivity index is 1.70. The smallest absolute Gasteiger partial charge is 0.224 e. The highest BCUT2D eigenvalue weighted by Crippen LogP contribution is 2.15. The van der Waals surface area contributed by atoms with Crippen molar-refractivity contribution in [2.24, 2.45) is 0 Å². The van der Waals surface area contributed by atoms with Crippen LogP contribution < -0.4 is 10.6 Å². The molecule has 1 aliphatic heterocycles. The number of para-hydroxylation sites is 1. The van der Waals surface area contributed by atoms with E-state index in [1.54, 1.807) is 18.2 Å². The first-order valence-corrected chi connectivity index (χ1v) is 6.52. The zero-order valence-corrected chi connectivity index (χ0v) is 10.5. The number of nitrogens with one attached hydrogen (secondary N) is 2. The third-order valence-electron chi connectivity index (χ3n) is 3.32. The second-order valence-electron chi connectivity index (χ2n) is 4.74. The van der Waals surface area contributed by atoms with Crippen molar-refractivity contribution in [1.29, 1.82) is 0 Å². The van der Waals surface area contributed by atoms with E-state index in [0.717, 1.165) is 13.0 Å². The lowest BCUT2D eigenvalue weighted by Gasteiger charge is -2.11. The van der Waals surface area contributed by atoms with E-state index in [4.69, 9.17) is 0 Å². The molecular weight excluding hydrogens is 228 g/mol. The van der Waals surface area contributed by atoms with Crippen molar-refractivity contribution in [3.05, 3.63) is 29.8 Å². The fourth-order valence-corrected chi connectivity index (χ4v) is 2.28. The Kier molecular flexibility index (Phi) is 4.59. The first-order chi connectivity index (χ1) is 8.75. The van der Waals surface area contributed by atoms with Crippen LogP contribution in [-0.4, -0.2) is 30.1 Å². The van der Waals surface area contributed by atoms with Crippen LogP contribution in [-0.2, 0) is 11.2 Å². The Morgan fingerprint density at radius 2 is 2.28 bits per heavy atom. The lowest BCUT2D eigenvalue weighted by atomic mass is 10.1. The first-order valence-electron chi connectivity index (χ1n) is 6.52. The van der Waals surface area contributed by atoms with E-state index in [9.17, 15) is 9.90 Å². The van der Waals surface area contributed by atoms with E-state index in [1.807, 2.05) is 6.07 Å². The zero-order valence-electron chi connectivity index (χ0n) is 10.5. The van der Waals surface area contributed by atoms with Gasteiger partial charge in [-0.3, -0.25) is 4.79 Å². The first kappa shape index (κ1) is 12.9. The molecule has 1 aromatic rings. The van der Waals surface area contributed by atoms with E-state index < -0.39 is 0 Å². The molecule has 1 atom stereocenters. The topological polar surface area (TPSA) is 61.4 Å². The van der Waals surface area contributed by atoms with Crippen LogP contribution in [0.25, 0.3) is 0 Å². The van der Waals surface area contributed by atoms with Crippen LogP contribution >= 0.6 is 0 Å². The van der Waals surface area contributed by atoms with Gasteiger partial charge in [-0.1, -0.05) is 18.2 Å². The molecule has 0 bridgehead atoms. The highest BCUT2D eigenvalue weighted by molar-refractivity contribution is 5.79. The fourth-order valence-electron chi connectivity index (χ4n) is 2.28. The summed E-state index contributed by atoms with van der Waals surface area (Å²) in [5.41, 5.74) is 0.675. The van der Waals surface area contributed by atoms with Gasteiger partial charge >= 0.3 is 0 Å². The van der Waals surface area contributed by atoms with E-state index in [1.165, 1.54) is 12.8 Å². The second kappa shape index (κ2) is 6.40. The average Bonchev–Trinajstić information content (AvgIpc) is 2.85. The Morgan fingerprint density at radius 3 is 3.00 bits per heavy atom. The summed E-state index contributed by atoms with van der Waals surface area (Å²) in [6, 6.07) is 7.50. The van der Waals surface area contributed by atoms with Gasteiger partial charge in [0.05, 0.1) is 6.42 Å². The molecule has 1 saturated heterocycles. The highest BCUT2D eigenvalue weighted by Gasteiger charge is 2.13. The number of benzene rings is 1. The number of phenolic OH excluding ortho intramolecular Hbond substituents is 1. The molecule has 98 valence electrons. The molecule has 3 N–H and O–H groups in total. The maximum absolute atomic E-state index is 11.7. The van der Waals surface area contributed by atoms with Gasteiger partial charge in [0.15, 0.2) is 0 Å². The second-order valence-corrected chi connectivity index (χ2v) is 4.74. The molecule has 1 aromatic carbocycles. The number of carbonyl (C=O) groups is 1. The van der Waals surface area contributed by atoms with Gasteiger partial charge in [0.25, 0.3) is 0 Å². The average molecular weight is 248 g/mol. The van der Waals surface area contributed by atoms with Gasteiger partial charge in [0, 0.05) is 18.2 Å². The number of hydrogen-bond donors (Lipinski definition) is 3. The van der Waals surface area contributed by atoms with Crippen LogP contribution in [0.4, 0.5) is 0 Å². The summed E-state index contributed by atoms with van der Waals surface area (Å²) in [6.45, 7) is 1.79. The monoisotopic (exact) mass is 248 g/mol. The molecule has 0 saturated carbocycles. The van der Waals surface area contributed by atoms with Crippen LogP contribution in [0.1, 0.15) is 24.8 Å². The fraction of sp³-hybridized carbons (Fsp3) is 0.500. The molecule has 4 heteroatoms. The van der Waals surface area contributed by atoms with Crippen molar-refractivity contribution >= 4 is 5.91 Å². The highest BCUT2D eigenvalue weighted by atomic mass is 16.3. The molecule has 1 heterocycles. The van der Waals surface area contributed by atoms with E-state index in [0.29, 0.717) is 18.2 Å². The number of carbonyl (C=O) groups excluding carboxylic acids is 1. The Bertz CT molecular complexity index is 401. The third-order valence-corrected chi connectivity index (χ3v) is 3.32. The summed E-state index contributed by atoms with van der Waals surface area (Å²) in [5.74, 6) is 0.152. The maximum atomic E-state index is 11.7. The van der Waals surface area contributed by atoms with Gasteiger partial charge in [0.1, 0.15) is 5.75 Å². The molecule has 18 heavy (non-hydrogen) atoms. The SMILES string of the molecule is O=C(Cc1ccccc1O)NCC[C@@H]1CCCN1. The van der Waals surface area contributed by atoms with Crippen LogP contribution in [0.5, 0.6) is 5.75 Å². The van der Waals surface area contributed by atoms with Crippen molar-refractivity contribution in [3.8, 4) is 5.75 Å². The molecule has 0 aromatic heterocycles. The predicted molar refractivity (Wildman–Crippen MR) is 70.5 cm³/mol. The minimum absolute atomic E-state index is 0.0329. The van der Waals surface area contributed by atoms with Gasteiger partial charge in [0.2, 0.25) is 5.91 Å². The summed E-state index contributed by atoms with van der Waals surface area (Å²) in [5, 5.41) is 15.9. The molecule has 0 unspecified atom stereocenters. The van der Waals surface area contributed by atoms with Gasteiger partial charge in [-0.05, 0) is 31.9 Å². The van der Waals surface area contributed by atoms with Crippen molar-refractivity contribution in [2.75, 3.05) is 13.1 Å². The van der Waals surface area contributed by atoms with E-state index in [2.05, 4.69) is 10.6 Å². The normalized spacial score (nSPS) is 18.8. The van der Waals surface area contributed by atoms with Crippen LogP contribution in [0.15, 0.2) is 24.3 Å². The summed E-state index contributed by atoms with van der Waals surface area (Å²) >= 11 is 0. The molecule has 4 nitrogen and oxygen atoms in total. The standard InChI is InChI=1S/C14H20N2O2/c17-13-6-2-1-4-11(13)10-14(18)16-9-7-12-5-3-8-15-12/h1-2,4,6,12,15,17H,3,5,7-10H2,(H,16,18)/t12-/m0/s1. The minimum Gasteiger partial charge on any atom is -0.508 e. The van der Waals surface area contributed by atoms with Gasteiger partial charge in [-0.15, -0.1) is 0 Å². The van der Waals surface area contributed by atoms with E-state index >= 15 is 0 Å². The summed E-state index contributed by atoms with van der Waals surface area (Å²) in [7, 11) is 0. The van der Waals surface area contributed by atoms with Gasteiger partial charge < -0.3 is 15.7 Å². The lowest BCUT2D eigenvalue weighted by Crippen LogP contribution is -2.31. The number of aromatic hydroxyl groups is 1. The molecule has 1 aliphatic rings. The Morgan fingerprint density at radius 1 is 1.44 bits per heavy atom. The minimum atomic E-state index is -0.0329. The Labute approximate surface area is 107 Å². The molecule has 1 amide bonds.